The number of nitrogens with two attached hydrogens (primary N) is 1. The van der Waals surface area contributed by atoms with Crippen LogP contribution in [0.1, 0.15) is 10.5 Å². The Bertz CT molecular complexity index is 592. The number of amides is 1. The van der Waals surface area contributed by atoms with Gasteiger partial charge in [0, 0.05) is 20.3 Å². The van der Waals surface area contributed by atoms with E-state index in [0.29, 0.717) is 22.1 Å². The van der Waals surface area contributed by atoms with Crippen LogP contribution in [0.15, 0.2) is 30.5 Å². The van der Waals surface area contributed by atoms with Gasteiger partial charge < -0.3 is 10.6 Å². The summed E-state index contributed by atoms with van der Waals surface area (Å²) in [6.45, 7) is 0. The number of anilines is 1. The van der Waals surface area contributed by atoms with Crippen LogP contribution < -0.4 is 5.73 Å². The molecule has 0 aliphatic heterocycles. The third-order valence-electron chi connectivity index (χ3n) is 2.49. The van der Waals surface area contributed by atoms with Crippen molar-refractivity contribution in [3.63, 3.8) is 0 Å². The highest BCUT2D eigenvalue weighted by Gasteiger charge is 2.13. The first-order valence-corrected chi connectivity index (χ1v) is 5.70. The molecular formula is C12H13ClN4O. The molecule has 0 fully saturated rings. The second kappa shape index (κ2) is 4.70. The van der Waals surface area contributed by atoms with Crippen molar-refractivity contribution in [2.45, 2.75) is 0 Å². The third kappa shape index (κ3) is 2.17. The fraction of sp³-hybridized carbons (Fsp3) is 0.167. The number of benzene rings is 1. The Balaban J connectivity index is 2.41. The van der Waals surface area contributed by atoms with Crippen LogP contribution in [-0.4, -0.2) is 34.7 Å². The second-order valence-corrected chi connectivity index (χ2v) is 4.42. The lowest BCUT2D eigenvalue weighted by Gasteiger charge is -2.08. The maximum Gasteiger partial charge on any atom is 0.273 e. The summed E-state index contributed by atoms with van der Waals surface area (Å²) < 4.78 is 1.54. The first-order chi connectivity index (χ1) is 8.50. The van der Waals surface area contributed by atoms with E-state index in [0.717, 1.165) is 0 Å². The van der Waals surface area contributed by atoms with Gasteiger partial charge in [-0.1, -0.05) is 17.7 Å². The topological polar surface area (TPSA) is 64.2 Å². The molecule has 2 N–H and O–H groups in total. The molecule has 1 amide bonds. The third-order valence-corrected chi connectivity index (χ3v) is 2.82. The highest BCUT2D eigenvalue weighted by atomic mass is 35.5. The molecular weight excluding hydrogens is 252 g/mol. The number of hydrogen-bond acceptors (Lipinski definition) is 3. The minimum Gasteiger partial charge on any atom is -0.396 e. The number of nitrogen functional groups attached to an aromatic ring is 1. The minimum absolute atomic E-state index is 0.158. The van der Waals surface area contributed by atoms with Crippen molar-refractivity contribution in [2.75, 3.05) is 19.8 Å². The summed E-state index contributed by atoms with van der Waals surface area (Å²) in [5.41, 5.74) is 7.32. The SMILES string of the molecule is CN(C)C(=O)c1ccn(-c2cccc(Cl)c2N)n1. The van der Waals surface area contributed by atoms with Crippen LogP contribution in [-0.2, 0) is 0 Å². The van der Waals surface area contributed by atoms with Gasteiger partial charge in [0.2, 0.25) is 0 Å². The van der Waals surface area contributed by atoms with E-state index in [9.17, 15) is 4.79 Å². The molecule has 0 unspecified atom stereocenters. The molecule has 6 heteroatoms. The zero-order valence-corrected chi connectivity index (χ0v) is 10.8. The van der Waals surface area contributed by atoms with Crippen molar-refractivity contribution < 1.29 is 4.79 Å². The highest BCUT2D eigenvalue weighted by molar-refractivity contribution is 6.33. The van der Waals surface area contributed by atoms with Crippen LogP contribution in [0.3, 0.4) is 0 Å². The van der Waals surface area contributed by atoms with Crippen LogP contribution in [0.4, 0.5) is 5.69 Å². The van der Waals surface area contributed by atoms with Gasteiger partial charge in [0.15, 0.2) is 5.69 Å². The van der Waals surface area contributed by atoms with Crippen molar-refractivity contribution in [1.29, 1.82) is 0 Å². The van der Waals surface area contributed by atoms with Crippen LogP contribution in [0.25, 0.3) is 5.69 Å². The van der Waals surface area contributed by atoms with Gasteiger partial charge >= 0.3 is 0 Å². The van der Waals surface area contributed by atoms with Crippen molar-refractivity contribution >= 4 is 23.2 Å². The zero-order chi connectivity index (χ0) is 13.3. The standard InChI is InChI=1S/C12H13ClN4O/c1-16(2)12(18)9-6-7-17(15-9)10-5-3-4-8(13)11(10)14/h3-7H,14H2,1-2H3. The Kier molecular flexibility index (Phi) is 3.25. The number of halogens is 1. The summed E-state index contributed by atoms with van der Waals surface area (Å²) in [4.78, 5) is 13.2. The predicted molar refractivity (Wildman–Crippen MR) is 71.0 cm³/mol. The second-order valence-electron chi connectivity index (χ2n) is 4.02. The number of para-hydroxylation sites is 1. The molecule has 0 bridgehead atoms. The molecule has 5 nitrogen and oxygen atoms in total. The average molecular weight is 265 g/mol. The van der Waals surface area contributed by atoms with Gasteiger partial charge in [-0.3, -0.25) is 4.79 Å². The summed E-state index contributed by atoms with van der Waals surface area (Å²) in [6, 6.07) is 6.92. The normalized spacial score (nSPS) is 10.4. The molecule has 0 aliphatic rings. The molecule has 1 heterocycles. The van der Waals surface area contributed by atoms with Crippen molar-refractivity contribution in [3.05, 3.63) is 41.2 Å². The van der Waals surface area contributed by atoms with E-state index in [1.54, 1.807) is 44.6 Å². The molecule has 0 saturated heterocycles. The number of carbonyl (C=O) groups is 1. The fourth-order valence-electron chi connectivity index (χ4n) is 1.53. The Labute approximate surface area is 110 Å². The number of nitrogens with zero attached hydrogens (tertiary/aromatic N) is 3. The van der Waals surface area contributed by atoms with Crippen LogP contribution in [0.5, 0.6) is 0 Å². The molecule has 0 saturated carbocycles. The average Bonchev–Trinajstić information content (AvgIpc) is 2.80. The van der Waals surface area contributed by atoms with E-state index in [1.807, 2.05) is 0 Å². The molecule has 0 spiro atoms. The van der Waals surface area contributed by atoms with Crippen molar-refractivity contribution in [2.24, 2.45) is 0 Å². The first kappa shape index (κ1) is 12.4. The van der Waals surface area contributed by atoms with E-state index < -0.39 is 0 Å². The minimum atomic E-state index is -0.158. The molecule has 2 aromatic rings. The molecule has 1 aromatic heterocycles. The van der Waals surface area contributed by atoms with Crippen LogP contribution in [0.2, 0.25) is 5.02 Å². The quantitative estimate of drug-likeness (QED) is 0.842. The molecule has 0 aliphatic carbocycles. The van der Waals surface area contributed by atoms with Gasteiger partial charge in [-0.25, -0.2) is 4.68 Å². The molecule has 0 atom stereocenters. The smallest absolute Gasteiger partial charge is 0.273 e. The number of aromatic nitrogens is 2. The van der Waals surface area contributed by atoms with Gasteiger partial charge in [0.05, 0.1) is 16.4 Å². The largest absolute Gasteiger partial charge is 0.396 e. The van der Waals surface area contributed by atoms with E-state index in [2.05, 4.69) is 5.10 Å². The highest BCUT2D eigenvalue weighted by Crippen LogP contribution is 2.25. The van der Waals surface area contributed by atoms with Gasteiger partial charge in [-0.05, 0) is 18.2 Å². The summed E-state index contributed by atoms with van der Waals surface area (Å²) >= 11 is 5.94. The Morgan fingerprint density at radius 3 is 2.78 bits per heavy atom. The van der Waals surface area contributed by atoms with Crippen LogP contribution in [0, 0.1) is 0 Å². The molecule has 1 aromatic carbocycles. The summed E-state index contributed by atoms with van der Waals surface area (Å²) in [5.74, 6) is -0.158. The first-order valence-electron chi connectivity index (χ1n) is 5.32. The van der Waals surface area contributed by atoms with Crippen LogP contribution >= 0.6 is 11.6 Å². The Morgan fingerprint density at radius 2 is 2.11 bits per heavy atom. The Morgan fingerprint density at radius 1 is 1.39 bits per heavy atom. The summed E-state index contributed by atoms with van der Waals surface area (Å²) in [5, 5.41) is 4.65. The number of hydrogen-bond donors (Lipinski definition) is 1. The fourth-order valence-corrected chi connectivity index (χ4v) is 1.70. The van der Waals surface area contributed by atoms with Crippen molar-refractivity contribution in [3.8, 4) is 5.69 Å². The van der Waals surface area contributed by atoms with Gasteiger partial charge in [0.1, 0.15) is 0 Å². The lowest BCUT2D eigenvalue weighted by Crippen LogP contribution is -2.22. The monoisotopic (exact) mass is 264 g/mol. The van der Waals surface area contributed by atoms with E-state index in [1.165, 1.54) is 9.58 Å². The lowest BCUT2D eigenvalue weighted by atomic mass is 10.3. The maximum absolute atomic E-state index is 11.7. The molecule has 94 valence electrons. The maximum atomic E-state index is 11.7. The van der Waals surface area contributed by atoms with E-state index in [-0.39, 0.29) is 5.91 Å². The number of carbonyl (C=O) groups excluding carboxylic acids is 1. The summed E-state index contributed by atoms with van der Waals surface area (Å²) in [7, 11) is 3.35. The zero-order valence-electron chi connectivity index (χ0n) is 10.1. The molecule has 2 rings (SSSR count). The van der Waals surface area contributed by atoms with E-state index in [4.69, 9.17) is 17.3 Å². The summed E-state index contributed by atoms with van der Waals surface area (Å²) in [6.07, 6.45) is 1.68. The van der Waals surface area contributed by atoms with Gasteiger partial charge in [-0.15, -0.1) is 0 Å². The van der Waals surface area contributed by atoms with Crippen molar-refractivity contribution in [1.82, 2.24) is 14.7 Å². The lowest BCUT2D eigenvalue weighted by molar-refractivity contribution is 0.0821. The van der Waals surface area contributed by atoms with E-state index >= 15 is 0 Å². The van der Waals surface area contributed by atoms with Gasteiger partial charge in [-0.2, -0.15) is 5.10 Å². The Hall–Kier alpha value is -2.01. The molecule has 0 radical (unpaired) electrons. The number of rotatable bonds is 2. The molecule has 18 heavy (non-hydrogen) atoms. The van der Waals surface area contributed by atoms with Gasteiger partial charge in [0.25, 0.3) is 5.91 Å². The predicted octanol–water partition coefficient (Wildman–Crippen LogP) is 1.81.